The van der Waals surface area contributed by atoms with Crippen LogP contribution in [0.15, 0.2) is 66.2 Å². The molecule has 154 valence electrons. The molecule has 31 heavy (non-hydrogen) atoms. The molecule has 0 saturated heterocycles. The van der Waals surface area contributed by atoms with E-state index in [1.807, 2.05) is 64.9 Å². The van der Waals surface area contributed by atoms with Crippen LogP contribution >= 0.6 is 11.3 Å². The predicted molar refractivity (Wildman–Crippen MR) is 117 cm³/mol. The first-order valence-electron chi connectivity index (χ1n) is 9.90. The number of benzene rings is 2. The van der Waals surface area contributed by atoms with Crippen LogP contribution in [0.4, 0.5) is 5.69 Å². The summed E-state index contributed by atoms with van der Waals surface area (Å²) in [5, 5.41) is 13.0. The molecule has 2 aliphatic rings. The summed E-state index contributed by atoms with van der Waals surface area (Å²) in [6, 6.07) is 17.4. The number of nitrogens with zero attached hydrogens (tertiary/aromatic N) is 2. The zero-order valence-corrected chi connectivity index (χ0v) is 17.2. The minimum absolute atomic E-state index is 0.0321. The van der Waals surface area contributed by atoms with Crippen LogP contribution in [0, 0.1) is 0 Å². The first kappa shape index (κ1) is 18.0. The Morgan fingerprint density at radius 2 is 2.00 bits per heavy atom. The number of H-pyrrole nitrogens is 1. The van der Waals surface area contributed by atoms with Crippen LogP contribution in [0.25, 0.3) is 10.6 Å². The van der Waals surface area contributed by atoms with Crippen molar-refractivity contribution in [2.75, 3.05) is 12.1 Å². The molecule has 4 heterocycles. The van der Waals surface area contributed by atoms with E-state index in [0.717, 1.165) is 33.1 Å². The summed E-state index contributed by atoms with van der Waals surface area (Å²) in [7, 11) is 0. The number of nitrogens with one attached hydrogen (secondary N) is 2. The Morgan fingerprint density at radius 1 is 1.10 bits per heavy atom. The SMILES string of the molecule is O=C1c2ccccc2N[C@H](c2cn[nH]c2-c2cccs2)N1Cc1ccc2c(c1)OCO2. The summed E-state index contributed by atoms with van der Waals surface area (Å²) in [6.07, 6.45) is 1.42. The molecule has 2 N–H and O–H groups in total. The smallest absolute Gasteiger partial charge is 0.258 e. The van der Waals surface area contributed by atoms with Crippen LogP contribution in [-0.4, -0.2) is 27.8 Å². The molecule has 0 bridgehead atoms. The summed E-state index contributed by atoms with van der Waals surface area (Å²) in [4.78, 5) is 16.5. The number of anilines is 1. The van der Waals surface area contributed by atoms with Crippen LogP contribution in [-0.2, 0) is 6.54 Å². The molecule has 2 aromatic heterocycles. The van der Waals surface area contributed by atoms with Crippen molar-refractivity contribution in [3.63, 3.8) is 0 Å². The number of rotatable bonds is 4. The molecule has 1 atom stereocenters. The number of para-hydroxylation sites is 1. The molecule has 0 spiro atoms. The van der Waals surface area contributed by atoms with Gasteiger partial charge >= 0.3 is 0 Å². The van der Waals surface area contributed by atoms with E-state index in [9.17, 15) is 4.79 Å². The fourth-order valence-corrected chi connectivity index (χ4v) is 4.80. The minimum atomic E-state index is -0.372. The van der Waals surface area contributed by atoms with Gasteiger partial charge in [0.15, 0.2) is 11.5 Å². The van der Waals surface area contributed by atoms with Crippen molar-refractivity contribution < 1.29 is 14.3 Å². The molecule has 2 aliphatic heterocycles. The number of hydrogen-bond acceptors (Lipinski definition) is 6. The van der Waals surface area contributed by atoms with Gasteiger partial charge < -0.3 is 19.7 Å². The zero-order chi connectivity index (χ0) is 20.8. The molecule has 6 rings (SSSR count). The van der Waals surface area contributed by atoms with E-state index in [-0.39, 0.29) is 18.9 Å². The predicted octanol–water partition coefficient (Wildman–Crippen LogP) is 4.63. The van der Waals surface area contributed by atoms with Crippen LogP contribution in [0.2, 0.25) is 0 Å². The molecule has 2 aromatic carbocycles. The lowest BCUT2D eigenvalue weighted by Gasteiger charge is -2.38. The van der Waals surface area contributed by atoms with Crippen molar-refractivity contribution in [2.45, 2.75) is 12.7 Å². The van der Waals surface area contributed by atoms with Crippen LogP contribution in [0.5, 0.6) is 11.5 Å². The van der Waals surface area contributed by atoms with Gasteiger partial charge in [0.05, 0.1) is 22.3 Å². The number of aromatic nitrogens is 2. The molecule has 0 fully saturated rings. The van der Waals surface area contributed by atoms with Crippen molar-refractivity contribution in [1.29, 1.82) is 0 Å². The van der Waals surface area contributed by atoms with Crippen molar-refractivity contribution in [1.82, 2.24) is 15.1 Å². The lowest BCUT2D eigenvalue weighted by molar-refractivity contribution is 0.0667. The van der Waals surface area contributed by atoms with Crippen LogP contribution < -0.4 is 14.8 Å². The zero-order valence-electron chi connectivity index (χ0n) is 16.4. The molecule has 8 heteroatoms. The quantitative estimate of drug-likeness (QED) is 0.493. The Balaban J connectivity index is 1.42. The third-order valence-corrected chi connectivity index (χ3v) is 6.43. The summed E-state index contributed by atoms with van der Waals surface area (Å²) >= 11 is 1.63. The van der Waals surface area contributed by atoms with E-state index in [1.165, 1.54) is 0 Å². The van der Waals surface area contributed by atoms with Crippen molar-refractivity contribution in [3.8, 4) is 22.1 Å². The fraction of sp³-hybridized carbons (Fsp3) is 0.130. The van der Waals surface area contributed by atoms with Gasteiger partial charge in [-0.1, -0.05) is 24.3 Å². The molecule has 0 saturated carbocycles. The highest BCUT2D eigenvalue weighted by molar-refractivity contribution is 7.13. The van der Waals surface area contributed by atoms with Gasteiger partial charge in [-0.15, -0.1) is 11.3 Å². The largest absolute Gasteiger partial charge is 0.454 e. The lowest BCUT2D eigenvalue weighted by atomic mass is 10.0. The standard InChI is InChI=1S/C23H18N4O3S/c28-23-15-4-1-2-5-17(15)25-22(16-11-24-26-21(16)20-6-3-9-31-20)27(23)12-14-7-8-18-19(10-14)30-13-29-18/h1-11,22,25H,12-13H2,(H,24,26)/t22-/m0/s1. The van der Waals surface area contributed by atoms with E-state index < -0.39 is 0 Å². The molecule has 0 unspecified atom stereocenters. The number of aromatic amines is 1. The molecule has 0 radical (unpaired) electrons. The fourth-order valence-electron chi connectivity index (χ4n) is 4.06. The number of thiophene rings is 1. The summed E-state index contributed by atoms with van der Waals surface area (Å²) in [5.74, 6) is 1.40. The van der Waals surface area contributed by atoms with Crippen LogP contribution in [0.3, 0.4) is 0 Å². The monoisotopic (exact) mass is 430 g/mol. The van der Waals surface area contributed by atoms with E-state index in [2.05, 4.69) is 15.5 Å². The second-order valence-corrected chi connectivity index (χ2v) is 8.34. The number of carbonyl (C=O) groups excluding carboxylic acids is 1. The second kappa shape index (κ2) is 7.17. The average Bonchev–Trinajstić information content (AvgIpc) is 3.56. The van der Waals surface area contributed by atoms with Gasteiger partial charge in [0, 0.05) is 17.8 Å². The maximum Gasteiger partial charge on any atom is 0.258 e. The topological polar surface area (TPSA) is 79.5 Å². The van der Waals surface area contributed by atoms with Crippen molar-refractivity contribution in [3.05, 3.63) is 82.9 Å². The van der Waals surface area contributed by atoms with E-state index in [0.29, 0.717) is 17.9 Å². The Hall–Kier alpha value is -3.78. The number of amides is 1. The summed E-state index contributed by atoms with van der Waals surface area (Å²) in [6.45, 7) is 0.634. The third-order valence-electron chi connectivity index (χ3n) is 5.54. The lowest BCUT2D eigenvalue weighted by Crippen LogP contribution is -2.42. The Morgan fingerprint density at radius 3 is 2.90 bits per heavy atom. The van der Waals surface area contributed by atoms with Gasteiger partial charge in [-0.3, -0.25) is 9.89 Å². The van der Waals surface area contributed by atoms with Gasteiger partial charge in [0.1, 0.15) is 6.17 Å². The maximum absolute atomic E-state index is 13.6. The molecule has 1 amide bonds. The first-order valence-corrected chi connectivity index (χ1v) is 10.8. The summed E-state index contributed by atoms with van der Waals surface area (Å²) < 4.78 is 10.9. The highest BCUT2D eigenvalue weighted by Gasteiger charge is 2.35. The van der Waals surface area contributed by atoms with Gasteiger partial charge in [-0.05, 0) is 41.3 Å². The highest BCUT2D eigenvalue weighted by atomic mass is 32.1. The van der Waals surface area contributed by atoms with Gasteiger partial charge in [-0.25, -0.2) is 0 Å². The normalized spacial score (nSPS) is 16.8. The first-order chi connectivity index (χ1) is 15.3. The molecular formula is C23H18N4O3S. The van der Waals surface area contributed by atoms with Gasteiger partial charge in [0.25, 0.3) is 5.91 Å². The van der Waals surface area contributed by atoms with Gasteiger partial charge in [-0.2, -0.15) is 5.10 Å². The summed E-state index contributed by atoms with van der Waals surface area (Å²) in [5.41, 5.74) is 4.27. The van der Waals surface area contributed by atoms with Crippen molar-refractivity contribution >= 4 is 22.9 Å². The number of fused-ring (bicyclic) bond motifs is 2. The van der Waals surface area contributed by atoms with E-state index in [1.54, 1.807) is 17.5 Å². The number of hydrogen-bond donors (Lipinski definition) is 2. The minimum Gasteiger partial charge on any atom is -0.454 e. The third kappa shape index (κ3) is 3.03. The molecule has 4 aromatic rings. The highest BCUT2D eigenvalue weighted by Crippen LogP contribution is 2.39. The Bertz CT molecular complexity index is 1270. The number of carbonyl (C=O) groups is 1. The van der Waals surface area contributed by atoms with Crippen molar-refractivity contribution in [2.24, 2.45) is 0 Å². The maximum atomic E-state index is 13.6. The van der Waals surface area contributed by atoms with Gasteiger partial charge in [0.2, 0.25) is 6.79 Å². The Kier molecular flexibility index (Phi) is 4.17. The average molecular weight is 430 g/mol. The molecular weight excluding hydrogens is 412 g/mol. The van der Waals surface area contributed by atoms with Crippen LogP contribution in [0.1, 0.15) is 27.7 Å². The Labute approximate surface area is 182 Å². The van der Waals surface area contributed by atoms with E-state index in [4.69, 9.17) is 9.47 Å². The number of ether oxygens (including phenoxy) is 2. The molecule has 0 aliphatic carbocycles. The molecule has 7 nitrogen and oxygen atoms in total. The second-order valence-electron chi connectivity index (χ2n) is 7.39. The van der Waals surface area contributed by atoms with E-state index >= 15 is 0 Å².